The summed E-state index contributed by atoms with van der Waals surface area (Å²) in [5, 5.41) is 29.0. The molecular weight excluding hydrogens is 547 g/mol. The van der Waals surface area contributed by atoms with E-state index in [-0.39, 0.29) is 21.8 Å². The first-order valence-corrected chi connectivity index (χ1v) is 12.7. The largest absolute Gasteiger partial charge is 0.506 e. The highest BCUT2D eigenvalue weighted by Gasteiger charge is 2.17. The van der Waals surface area contributed by atoms with Gasteiger partial charge in [0.25, 0.3) is 11.8 Å². The van der Waals surface area contributed by atoms with Gasteiger partial charge in [0.1, 0.15) is 5.75 Å². The molecule has 3 aromatic carbocycles. The molecule has 3 N–H and O–H groups in total. The van der Waals surface area contributed by atoms with Crippen molar-refractivity contribution in [2.24, 2.45) is 0 Å². The van der Waals surface area contributed by atoms with E-state index < -0.39 is 5.91 Å². The summed E-state index contributed by atoms with van der Waals surface area (Å²) >= 11 is 13.0. The average molecular weight is 565 g/mol. The molecule has 190 valence electrons. The van der Waals surface area contributed by atoms with Crippen molar-refractivity contribution in [3.05, 3.63) is 99.8 Å². The van der Waals surface area contributed by atoms with Crippen LogP contribution in [0, 0.1) is 6.92 Å². The maximum absolute atomic E-state index is 12.7. The fourth-order valence-electron chi connectivity index (χ4n) is 3.51. The fourth-order valence-corrected chi connectivity index (χ4v) is 4.76. The molecule has 0 saturated carbocycles. The molecule has 0 atom stereocenters. The molecule has 0 fully saturated rings. The minimum atomic E-state index is -0.433. The number of halogens is 2. The van der Waals surface area contributed by atoms with Crippen molar-refractivity contribution in [3.63, 3.8) is 0 Å². The quantitative estimate of drug-likeness (QED) is 0.225. The van der Waals surface area contributed by atoms with E-state index in [2.05, 4.69) is 25.9 Å². The Hall–Kier alpha value is -4.25. The number of aromatic nitrogens is 4. The van der Waals surface area contributed by atoms with E-state index in [1.807, 2.05) is 31.3 Å². The van der Waals surface area contributed by atoms with E-state index in [4.69, 9.17) is 23.2 Å². The molecule has 2 amide bonds. The van der Waals surface area contributed by atoms with Crippen molar-refractivity contribution >= 4 is 57.2 Å². The maximum atomic E-state index is 12.7. The molecule has 2 heterocycles. The van der Waals surface area contributed by atoms with Crippen LogP contribution >= 0.6 is 34.5 Å². The van der Waals surface area contributed by atoms with Crippen LogP contribution < -0.4 is 10.6 Å². The molecule has 2 aromatic heterocycles. The average Bonchev–Trinajstić information content (AvgIpc) is 3.55. The van der Waals surface area contributed by atoms with Crippen LogP contribution in [0.5, 0.6) is 5.75 Å². The predicted molar refractivity (Wildman–Crippen MR) is 148 cm³/mol. The molecule has 0 aliphatic heterocycles. The highest BCUT2D eigenvalue weighted by Crippen LogP contribution is 2.39. The molecule has 0 aliphatic rings. The third-order valence-electron chi connectivity index (χ3n) is 5.43. The van der Waals surface area contributed by atoms with Gasteiger partial charge in [-0.3, -0.25) is 14.9 Å². The normalized spacial score (nSPS) is 10.8. The predicted octanol–water partition coefficient (Wildman–Crippen LogP) is 6.22. The zero-order chi connectivity index (χ0) is 26.8. The summed E-state index contributed by atoms with van der Waals surface area (Å²) in [5.74, 6) is -0.922. The first-order valence-electron chi connectivity index (χ1n) is 11.1. The van der Waals surface area contributed by atoms with Gasteiger partial charge in [-0.05, 0) is 73.7 Å². The zero-order valence-corrected chi connectivity index (χ0v) is 22.0. The highest BCUT2D eigenvalue weighted by atomic mass is 35.5. The molecule has 0 spiro atoms. The number of phenols is 1. The van der Waals surface area contributed by atoms with Crippen molar-refractivity contribution in [1.82, 2.24) is 20.0 Å². The van der Waals surface area contributed by atoms with Crippen LogP contribution in [-0.2, 0) is 0 Å². The number of anilines is 2. The number of amides is 2. The van der Waals surface area contributed by atoms with Gasteiger partial charge in [-0.1, -0.05) is 34.5 Å². The minimum absolute atomic E-state index is 0.0822. The van der Waals surface area contributed by atoms with Crippen LogP contribution in [0.4, 0.5) is 10.8 Å². The molecule has 0 unspecified atom stereocenters. The first-order chi connectivity index (χ1) is 18.3. The van der Waals surface area contributed by atoms with E-state index in [1.54, 1.807) is 28.9 Å². The number of carbonyl (C=O) groups is 2. The van der Waals surface area contributed by atoms with Crippen molar-refractivity contribution in [3.8, 4) is 22.0 Å². The zero-order valence-electron chi connectivity index (χ0n) is 19.6. The Bertz CT molecular complexity index is 1650. The number of hydrogen-bond donors (Lipinski definition) is 3. The van der Waals surface area contributed by atoms with E-state index in [0.29, 0.717) is 32.4 Å². The minimum Gasteiger partial charge on any atom is -0.506 e. The Morgan fingerprint density at radius 2 is 1.55 bits per heavy atom. The second kappa shape index (κ2) is 10.6. The van der Waals surface area contributed by atoms with Gasteiger partial charge in [-0.2, -0.15) is 5.10 Å². The summed E-state index contributed by atoms with van der Waals surface area (Å²) in [6.45, 7) is 1.91. The van der Waals surface area contributed by atoms with Crippen molar-refractivity contribution in [2.75, 3.05) is 10.6 Å². The summed E-state index contributed by atoms with van der Waals surface area (Å²) in [5.41, 5.74) is 3.44. The summed E-state index contributed by atoms with van der Waals surface area (Å²) in [6, 6.07) is 18.3. The molecule has 5 aromatic rings. The fraction of sp³-hybridized carbons (Fsp3) is 0.0385. The Labute approximate surface area is 230 Å². The smallest absolute Gasteiger partial charge is 0.257 e. The Kier molecular flexibility index (Phi) is 7.10. The van der Waals surface area contributed by atoms with E-state index >= 15 is 0 Å². The molecule has 0 bridgehead atoms. The van der Waals surface area contributed by atoms with Crippen molar-refractivity contribution in [2.45, 2.75) is 6.92 Å². The van der Waals surface area contributed by atoms with Crippen LogP contribution in [-0.4, -0.2) is 36.9 Å². The third-order valence-corrected chi connectivity index (χ3v) is 6.80. The number of hydrogen-bond acceptors (Lipinski definition) is 7. The number of rotatable bonds is 6. The summed E-state index contributed by atoms with van der Waals surface area (Å²) in [7, 11) is 0. The molecule has 0 aliphatic carbocycles. The Morgan fingerprint density at radius 1 is 0.895 bits per heavy atom. The molecular formula is C26H18Cl2N6O3S. The highest BCUT2D eigenvalue weighted by molar-refractivity contribution is 7.18. The van der Waals surface area contributed by atoms with E-state index in [1.165, 1.54) is 24.3 Å². The van der Waals surface area contributed by atoms with Crippen LogP contribution in [0.15, 0.2) is 72.9 Å². The first kappa shape index (κ1) is 25.4. The molecule has 12 heteroatoms. The van der Waals surface area contributed by atoms with Crippen molar-refractivity contribution < 1.29 is 14.7 Å². The van der Waals surface area contributed by atoms with Gasteiger partial charge in [0.05, 0.1) is 22.0 Å². The van der Waals surface area contributed by atoms with Crippen molar-refractivity contribution in [1.29, 1.82) is 0 Å². The third kappa shape index (κ3) is 5.52. The molecule has 9 nitrogen and oxygen atoms in total. The number of aromatic hydroxyl groups is 1. The molecule has 5 rings (SSSR count). The Morgan fingerprint density at radius 3 is 2.18 bits per heavy atom. The summed E-state index contributed by atoms with van der Waals surface area (Å²) in [6.07, 6.45) is 1.87. The van der Waals surface area contributed by atoms with Gasteiger partial charge in [0.2, 0.25) is 5.13 Å². The lowest BCUT2D eigenvalue weighted by atomic mass is 10.1. The van der Waals surface area contributed by atoms with E-state index in [9.17, 15) is 14.7 Å². The second-order valence-corrected chi connectivity index (χ2v) is 9.95. The summed E-state index contributed by atoms with van der Waals surface area (Å²) < 4.78 is 1.75. The van der Waals surface area contributed by atoms with Crippen LogP contribution in [0.2, 0.25) is 10.0 Å². The molecule has 0 saturated heterocycles. The van der Waals surface area contributed by atoms with E-state index in [0.717, 1.165) is 22.7 Å². The lowest BCUT2D eigenvalue weighted by molar-refractivity contribution is 0.101. The number of benzene rings is 3. The topological polar surface area (TPSA) is 122 Å². The van der Waals surface area contributed by atoms with Gasteiger partial charge in [0, 0.05) is 28.0 Å². The summed E-state index contributed by atoms with van der Waals surface area (Å²) in [4.78, 5) is 25.4. The lowest BCUT2D eigenvalue weighted by Gasteiger charge is -2.08. The molecule has 0 radical (unpaired) electrons. The van der Waals surface area contributed by atoms with Gasteiger partial charge < -0.3 is 10.4 Å². The SMILES string of the molecule is Cc1ccn(-c2ccc(NC(=O)c3ccc(C(=O)Nc4nnc(-c5cc(Cl)cc(Cl)c5O)s4)cc3)cc2)n1. The number of aryl methyl sites for hydroxylation is 1. The standard InChI is InChI=1S/C26H18Cl2N6O3S/c1-14-10-11-34(33-14)19-8-6-18(7-9-19)29-23(36)15-2-4-16(5-3-15)24(37)30-26-32-31-25(38-26)20-12-17(27)13-21(28)22(20)35/h2-13,35H,1H3,(H,29,36)(H,30,32,37). The number of nitrogens with zero attached hydrogens (tertiary/aromatic N) is 4. The maximum Gasteiger partial charge on any atom is 0.257 e. The lowest BCUT2D eigenvalue weighted by Crippen LogP contribution is -2.14. The van der Waals surface area contributed by atoms with Gasteiger partial charge >= 0.3 is 0 Å². The van der Waals surface area contributed by atoms with Gasteiger partial charge in [-0.15, -0.1) is 10.2 Å². The molecule has 38 heavy (non-hydrogen) atoms. The van der Waals surface area contributed by atoms with Gasteiger partial charge in [-0.25, -0.2) is 4.68 Å². The Balaban J connectivity index is 1.22. The number of nitrogens with one attached hydrogen (secondary N) is 2. The number of phenolic OH excluding ortho intramolecular Hbond substituents is 1. The monoisotopic (exact) mass is 564 g/mol. The second-order valence-electron chi connectivity index (χ2n) is 8.13. The van der Waals surface area contributed by atoms with Crippen LogP contribution in [0.25, 0.3) is 16.3 Å². The van der Waals surface area contributed by atoms with Crippen LogP contribution in [0.3, 0.4) is 0 Å². The number of carbonyl (C=O) groups excluding carboxylic acids is 2. The van der Waals surface area contributed by atoms with Crippen LogP contribution in [0.1, 0.15) is 26.4 Å². The van der Waals surface area contributed by atoms with Gasteiger partial charge in [0.15, 0.2) is 5.01 Å².